The van der Waals surface area contributed by atoms with E-state index in [1.54, 1.807) is 12.4 Å². The molecule has 3 aromatic rings. The summed E-state index contributed by atoms with van der Waals surface area (Å²) in [5.74, 6) is 0.124. The molecule has 0 bridgehead atoms. The summed E-state index contributed by atoms with van der Waals surface area (Å²) in [6.45, 7) is 3.09. The first-order valence-electron chi connectivity index (χ1n) is 12.1. The van der Waals surface area contributed by atoms with Crippen molar-refractivity contribution in [1.29, 1.82) is 0 Å². The number of hydrogen-bond acceptors (Lipinski definition) is 8. The molecule has 0 aliphatic carbocycles. The SMILES string of the molecule is CCCc1cn(CC(CC(=O)O)NC(=O)OCc2ccccc2)c(=O)nc1NCCNc1ccccn1. The number of anilines is 2. The van der Waals surface area contributed by atoms with E-state index in [0.29, 0.717) is 25.3 Å². The Morgan fingerprint density at radius 2 is 1.84 bits per heavy atom. The number of aromatic nitrogens is 3. The molecule has 0 aliphatic heterocycles. The van der Waals surface area contributed by atoms with Crippen LogP contribution in [0.15, 0.2) is 65.7 Å². The molecule has 11 heteroatoms. The maximum atomic E-state index is 12.8. The van der Waals surface area contributed by atoms with E-state index < -0.39 is 23.8 Å². The lowest BCUT2D eigenvalue weighted by Gasteiger charge is -2.19. The minimum atomic E-state index is -1.11. The fourth-order valence-electron chi connectivity index (χ4n) is 3.65. The van der Waals surface area contributed by atoms with Crippen LogP contribution in [0.4, 0.5) is 16.4 Å². The third-order valence-electron chi connectivity index (χ3n) is 5.35. The number of carbonyl (C=O) groups excluding carboxylic acids is 1. The minimum Gasteiger partial charge on any atom is -0.481 e. The van der Waals surface area contributed by atoms with Gasteiger partial charge in [0.15, 0.2) is 0 Å². The highest BCUT2D eigenvalue weighted by molar-refractivity contribution is 5.71. The van der Waals surface area contributed by atoms with Crippen LogP contribution in [0, 0.1) is 0 Å². The van der Waals surface area contributed by atoms with Crippen LogP contribution in [-0.4, -0.2) is 50.8 Å². The highest BCUT2D eigenvalue weighted by Crippen LogP contribution is 2.13. The number of carboxylic acid groups (broad SMARTS) is 1. The number of carbonyl (C=O) groups is 2. The van der Waals surface area contributed by atoms with Gasteiger partial charge in [-0.05, 0) is 24.1 Å². The van der Waals surface area contributed by atoms with E-state index in [-0.39, 0.29) is 19.6 Å². The maximum Gasteiger partial charge on any atom is 0.407 e. The van der Waals surface area contributed by atoms with Crippen LogP contribution in [0.25, 0.3) is 0 Å². The van der Waals surface area contributed by atoms with Crippen molar-refractivity contribution < 1.29 is 19.4 Å². The number of aryl methyl sites for hydroxylation is 1. The fourth-order valence-corrected chi connectivity index (χ4v) is 3.65. The average Bonchev–Trinajstić information content (AvgIpc) is 2.88. The topological polar surface area (TPSA) is 147 Å². The van der Waals surface area contributed by atoms with Gasteiger partial charge in [0, 0.05) is 37.6 Å². The Morgan fingerprint density at radius 3 is 2.54 bits per heavy atom. The second-order valence-corrected chi connectivity index (χ2v) is 8.37. The molecular formula is C26H32N6O5. The third kappa shape index (κ3) is 9.28. The summed E-state index contributed by atoms with van der Waals surface area (Å²) in [5, 5.41) is 18.3. The number of carboxylic acids is 1. The van der Waals surface area contributed by atoms with Crippen molar-refractivity contribution in [3.8, 4) is 0 Å². The van der Waals surface area contributed by atoms with Crippen LogP contribution >= 0.6 is 0 Å². The van der Waals surface area contributed by atoms with Crippen molar-refractivity contribution in [2.75, 3.05) is 23.7 Å². The van der Waals surface area contributed by atoms with Crippen molar-refractivity contribution >= 4 is 23.7 Å². The van der Waals surface area contributed by atoms with Crippen LogP contribution < -0.4 is 21.6 Å². The summed E-state index contributed by atoms with van der Waals surface area (Å²) < 4.78 is 6.54. The summed E-state index contributed by atoms with van der Waals surface area (Å²) in [6.07, 6.45) is 3.71. The highest BCUT2D eigenvalue weighted by atomic mass is 16.5. The Hall–Kier alpha value is -4.41. The molecule has 2 heterocycles. The van der Waals surface area contributed by atoms with Crippen molar-refractivity contribution in [1.82, 2.24) is 19.9 Å². The van der Waals surface area contributed by atoms with Gasteiger partial charge in [0.25, 0.3) is 0 Å². The standard InChI is InChI=1S/C26H32N6O5/c1-2-8-20-16-32(25(35)31-24(20)29-14-13-28-22-11-6-7-12-27-22)17-21(15-23(33)34)30-26(36)37-18-19-9-4-3-5-10-19/h3-7,9-12,16,21H,2,8,13-15,17-18H2,1H3,(H,27,28)(H,30,36)(H,33,34)(H,29,31,35). The van der Waals surface area contributed by atoms with E-state index in [2.05, 4.69) is 25.9 Å². The first-order chi connectivity index (χ1) is 17.9. The van der Waals surface area contributed by atoms with E-state index in [1.807, 2.05) is 55.5 Å². The zero-order valence-electron chi connectivity index (χ0n) is 20.7. The normalized spacial score (nSPS) is 11.4. The molecule has 0 saturated heterocycles. The van der Waals surface area contributed by atoms with Gasteiger partial charge in [-0.15, -0.1) is 0 Å². The number of aliphatic carboxylic acids is 1. The van der Waals surface area contributed by atoms with Gasteiger partial charge in [0.1, 0.15) is 18.2 Å². The first kappa shape index (κ1) is 27.2. The Balaban J connectivity index is 1.63. The predicted octanol–water partition coefficient (Wildman–Crippen LogP) is 2.88. The quantitative estimate of drug-likeness (QED) is 0.241. The van der Waals surface area contributed by atoms with Gasteiger partial charge in [-0.1, -0.05) is 49.7 Å². The number of rotatable bonds is 14. The van der Waals surface area contributed by atoms with Crippen LogP contribution in [0.5, 0.6) is 0 Å². The summed E-state index contributed by atoms with van der Waals surface area (Å²) in [6, 6.07) is 13.9. The number of ether oxygens (including phenoxy) is 1. The monoisotopic (exact) mass is 508 g/mol. The van der Waals surface area contributed by atoms with Crippen molar-refractivity contribution in [3.05, 3.63) is 82.5 Å². The number of hydrogen-bond donors (Lipinski definition) is 4. The van der Waals surface area contributed by atoms with Crippen molar-refractivity contribution in [2.45, 2.75) is 45.4 Å². The van der Waals surface area contributed by atoms with Crippen LogP contribution in [0.3, 0.4) is 0 Å². The molecular weight excluding hydrogens is 476 g/mol. The molecule has 1 atom stereocenters. The molecule has 0 fully saturated rings. The summed E-state index contributed by atoms with van der Waals surface area (Å²) in [4.78, 5) is 44.9. The number of pyridine rings is 1. The summed E-state index contributed by atoms with van der Waals surface area (Å²) in [5.41, 5.74) is 1.07. The largest absolute Gasteiger partial charge is 0.481 e. The van der Waals surface area contributed by atoms with Crippen LogP contribution in [-0.2, 0) is 29.1 Å². The molecule has 0 spiro atoms. The lowest BCUT2D eigenvalue weighted by Crippen LogP contribution is -2.42. The van der Waals surface area contributed by atoms with Gasteiger partial charge in [0.2, 0.25) is 0 Å². The van der Waals surface area contributed by atoms with Crippen LogP contribution in [0.2, 0.25) is 0 Å². The number of benzene rings is 1. The van der Waals surface area contributed by atoms with Gasteiger partial charge in [-0.2, -0.15) is 4.98 Å². The van der Waals surface area contributed by atoms with E-state index in [4.69, 9.17) is 4.74 Å². The maximum absolute atomic E-state index is 12.8. The van der Waals surface area contributed by atoms with Crippen molar-refractivity contribution in [3.63, 3.8) is 0 Å². The molecule has 37 heavy (non-hydrogen) atoms. The second-order valence-electron chi connectivity index (χ2n) is 8.37. The van der Waals surface area contributed by atoms with E-state index in [9.17, 15) is 19.5 Å². The number of amides is 1. The molecule has 1 amide bonds. The molecule has 1 unspecified atom stereocenters. The summed E-state index contributed by atoms with van der Waals surface area (Å²) in [7, 11) is 0. The molecule has 3 rings (SSSR count). The molecule has 196 valence electrons. The Morgan fingerprint density at radius 1 is 1.08 bits per heavy atom. The lowest BCUT2D eigenvalue weighted by molar-refractivity contribution is -0.137. The van der Waals surface area contributed by atoms with Gasteiger partial charge in [-0.3, -0.25) is 9.36 Å². The molecule has 11 nitrogen and oxygen atoms in total. The van der Waals surface area contributed by atoms with Gasteiger partial charge >= 0.3 is 17.8 Å². The van der Waals surface area contributed by atoms with E-state index in [1.165, 1.54) is 4.57 Å². The Labute approximate surface area is 214 Å². The molecule has 0 aliphatic rings. The lowest BCUT2D eigenvalue weighted by atomic mass is 10.1. The third-order valence-corrected chi connectivity index (χ3v) is 5.35. The number of nitrogens with one attached hydrogen (secondary N) is 3. The molecule has 4 N–H and O–H groups in total. The number of alkyl carbamates (subject to hydrolysis) is 1. The zero-order valence-corrected chi connectivity index (χ0v) is 20.7. The summed E-state index contributed by atoms with van der Waals surface area (Å²) >= 11 is 0. The molecule has 0 saturated carbocycles. The van der Waals surface area contributed by atoms with Gasteiger partial charge in [-0.25, -0.2) is 14.6 Å². The number of nitrogens with zero attached hydrogens (tertiary/aromatic N) is 3. The molecule has 0 radical (unpaired) electrons. The van der Waals surface area contributed by atoms with Gasteiger partial charge in [0.05, 0.1) is 12.5 Å². The molecule has 2 aromatic heterocycles. The molecule has 1 aromatic carbocycles. The minimum absolute atomic E-state index is 0.0458. The van der Waals surface area contributed by atoms with Crippen LogP contribution in [0.1, 0.15) is 30.9 Å². The predicted molar refractivity (Wildman–Crippen MR) is 140 cm³/mol. The van der Waals surface area contributed by atoms with E-state index in [0.717, 1.165) is 23.4 Å². The van der Waals surface area contributed by atoms with Gasteiger partial charge < -0.3 is 25.8 Å². The smallest absolute Gasteiger partial charge is 0.407 e. The Kier molecular flexibility index (Phi) is 10.4. The zero-order chi connectivity index (χ0) is 26.5. The average molecular weight is 509 g/mol. The first-order valence-corrected chi connectivity index (χ1v) is 12.1. The van der Waals surface area contributed by atoms with Crippen molar-refractivity contribution in [2.24, 2.45) is 0 Å². The fraction of sp³-hybridized carbons (Fsp3) is 0.346. The second kappa shape index (κ2) is 14.2. The Bertz CT molecular complexity index is 1200. The highest BCUT2D eigenvalue weighted by Gasteiger charge is 2.19. The van der Waals surface area contributed by atoms with E-state index >= 15 is 0 Å².